The van der Waals surface area contributed by atoms with E-state index in [-0.39, 0.29) is 12.5 Å². The monoisotopic (exact) mass is 209 g/mol. The Hall–Kier alpha value is -1.56. The first-order chi connectivity index (χ1) is 7.24. The van der Waals surface area contributed by atoms with Crippen molar-refractivity contribution in [2.24, 2.45) is 5.73 Å². The van der Waals surface area contributed by atoms with Crippen molar-refractivity contribution in [2.75, 3.05) is 18.4 Å². The minimum atomic E-state index is -0.382. The molecule has 1 aliphatic heterocycles. The largest absolute Gasteiger partial charge is 0.378 e. The Kier molecular flexibility index (Phi) is 2.86. The maximum atomic E-state index is 10.7. The third-order valence-electron chi connectivity index (χ3n) is 2.38. The fourth-order valence-corrected chi connectivity index (χ4v) is 1.70. The number of anilines is 1. The van der Waals surface area contributed by atoms with Crippen molar-refractivity contribution in [3.05, 3.63) is 12.4 Å². The maximum Gasteiger partial charge on any atom is 0.239 e. The highest BCUT2D eigenvalue weighted by Gasteiger charge is 2.14. The van der Waals surface area contributed by atoms with Gasteiger partial charge in [0.05, 0.1) is 11.9 Å². The van der Waals surface area contributed by atoms with Crippen molar-refractivity contribution in [3.63, 3.8) is 0 Å². The SMILES string of the molecule is NC(=O)Cn1cc(NC2CCNC2)cn1. The molecule has 15 heavy (non-hydrogen) atoms. The Bertz CT molecular complexity index is 342. The number of nitrogens with zero attached hydrogens (tertiary/aromatic N) is 2. The molecule has 0 aromatic carbocycles. The molecule has 0 bridgehead atoms. The first kappa shape index (κ1) is 9.97. The van der Waals surface area contributed by atoms with Crippen LogP contribution in [0.1, 0.15) is 6.42 Å². The summed E-state index contributed by atoms with van der Waals surface area (Å²) in [5.74, 6) is -0.382. The molecule has 1 aromatic rings. The van der Waals surface area contributed by atoms with Gasteiger partial charge in [0.2, 0.25) is 5.91 Å². The van der Waals surface area contributed by atoms with Gasteiger partial charge >= 0.3 is 0 Å². The van der Waals surface area contributed by atoms with Crippen molar-refractivity contribution in [2.45, 2.75) is 19.0 Å². The van der Waals surface area contributed by atoms with E-state index >= 15 is 0 Å². The van der Waals surface area contributed by atoms with Gasteiger partial charge in [0.25, 0.3) is 0 Å². The number of amides is 1. The predicted octanol–water partition coefficient (Wildman–Crippen LogP) is -0.858. The van der Waals surface area contributed by atoms with E-state index in [1.165, 1.54) is 4.68 Å². The Labute approximate surface area is 87.8 Å². The molecule has 6 heteroatoms. The van der Waals surface area contributed by atoms with Gasteiger partial charge in [0, 0.05) is 18.8 Å². The predicted molar refractivity (Wildman–Crippen MR) is 56.3 cm³/mol. The van der Waals surface area contributed by atoms with Crippen LogP contribution in [0.5, 0.6) is 0 Å². The number of rotatable bonds is 4. The molecule has 1 aromatic heterocycles. The van der Waals surface area contributed by atoms with Crippen molar-refractivity contribution >= 4 is 11.6 Å². The van der Waals surface area contributed by atoms with Crippen LogP contribution >= 0.6 is 0 Å². The Morgan fingerprint density at radius 3 is 3.33 bits per heavy atom. The van der Waals surface area contributed by atoms with E-state index in [4.69, 9.17) is 5.73 Å². The van der Waals surface area contributed by atoms with E-state index in [1.807, 2.05) is 0 Å². The Morgan fingerprint density at radius 2 is 2.67 bits per heavy atom. The quantitative estimate of drug-likeness (QED) is 0.602. The van der Waals surface area contributed by atoms with Crippen LogP contribution in [0, 0.1) is 0 Å². The van der Waals surface area contributed by atoms with Crippen LogP contribution in [-0.2, 0) is 11.3 Å². The average molecular weight is 209 g/mol. The summed E-state index contributed by atoms with van der Waals surface area (Å²) in [5, 5.41) is 10.6. The Balaban J connectivity index is 1.91. The fourth-order valence-electron chi connectivity index (χ4n) is 1.70. The first-order valence-corrected chi connectivity index (χ1v) is 5.02. The summed E-state index contributed by atoms with van der Waals surface area (Å²) >= 11 is 0. The zero-order valence-corrected chi connectivity index (χ0v) is 8.44. The Morgan fingerprint density at radius 1 is 1.80 bits per heavy atom. The molecule has 2 rings (SSSR count). The molecule has 1 amide bonds. The molecule has 1 unspecified atom stereocenters. The molecule has 0 radical (unpaired) electrons. The molecule has 0 saturated carbocycles. The number of hydrogen-bond donors (Lipinski definition) is 3. The van der Waals surface area contributed by atoms with Crippen LogP contribution in [0.4, 0.5) is 5.69 Å². The molecule has 1 fully saturated rings. The van der Waals surface area contributed by atoms with Gasteiger partial charge in [-0.25, -0.2) is 0 Å². The zero-order valence-electron chi connectivity index (χ0n) is 8.44. The van der Waals surface area contributed by atoms with Crippen molar-refractivity contribution in [1.82, 2.24) is 15.1 Å². The molecule has 6 nitrogen and oxygen atoms in total. The highest BCUT2D eigenvalue weighted by molar-refractivity contribution is 5.73. The van der Waals surface area contributed by atoms with Gasteiger partial charge in [-0.15, -0.1) is 0 Å². The van der Waals surface area contributed by atoms with Crippen LogP contribution in [0.15, 0.2) is 12.4 Å². The van der Waals surface area contributed by atoms with Crippen LogP contribution in [0.2, 0.25) is 0 Å². The number of carbonyl (C=O) groups is 1. The van der Waals surface area contributed by atoms with E-state index in [1.54, 1.807) is 12.4 Å². The number of hydrogen-bond acceptors (Lipinski definition) is 4. The summed E-state index contributed by atoms with van der Waals surface area (Å²) in [4.78, 5) is 10.7. The third kappa shape index (κ3) is 2.69. The normalized spacial score (nSPS) is 20.4. The maximum absolute atomic E-state index is 10.7. The van der Waals surface area contributed by atoms with E-state index in [2.05, 4.69) is 15.7 Å². The lowest BCUT2D eigenvalue weighted by Crippen LogP contribution is -2.22. The number of carbonyl (C=O) groups excluding carboxylic acids is 1. The number of nitrogens with one attached hydrogen (secondary N) is 2. The second kappa shape index (κ2) is 4.31. The van der Waals surface area contributed by atoms with Crippen molar-refractivity contribution < 1.29 is 4.79 Å². The fraction of sp³-hybridized carbons (Fsp3) is 0.556. The summed E-state index contributed by atoms with van der Waals surface area (Å²) in [6.45, 7) is 2.15. The van der Waals surface area contributed by atoms with Crippen LogP contribution in [0.25, 0.3) is 0 Å². The molecule has 82 valence electrons. The third-order valence-corrected chi connectivity index (χ3v) is 2.38. The number of primary amides is 1. The topological polar surface area (TPSA) is 85.0 Å². The number of nitrogens with two attached hydrogens (primary N) is 1. The molecule has 0 aliphatic carbocycles. The molecule has 2 heterocycles. The smallest absolute Gasteiger partial charge is 0.239 e. The molecule has 0 spiro atoms. The molecule has 4 N–H and O–H groups in total. The van der Waals surface area contributed by atoms with Crippen molar-refractivity contribution in [1.29, 1.82) is 0 Å². The van der Waals surface area contributed by atoms with Gasteiger partial charge in [0.1, 0.15) is 6.54 Å². The lowest BCUT2D eigenvalue weighted by molar-refractivity contribution is -0.118. The molecular weight excluding hydrogens is 194 g/mol. The second-order valence-corrected chi connectivity index (χ2v) is 3.73. The van der Waals surface area contributed by atoms with E-state index in [0.717, 1.165) is 25.2 Å². The average Bonchev–Trinajstić information content (AvgIpc) is 2.77. The van der Waals surface area contributed by atoms with Gasteiger partial charge in [0.15, 0.2) is 0 Å². The number of aromatic nitrogens is 2. The highest BCUT2D eigenvalue weighted by Crippen LogP contribution is 2.10. The van der Waals surface area contributed by atoms with Crippen LogP contribution in [-0.4, -0.2) is 34.8 Å². The molecule has 1 saturated heterocycles. The van der Waals surface area contributed by atoms with Crippen molar-refractivity contribution in [3.8, 4) is 0 Å². The minimum absolute atomic E-state index is 0.130. The standard InChI is InChI=1S/C9H15N5O/c10-9(15)6-14-5-8(4-12-14)13-7-1-2-11-3-7/h4-5,7,11,13H,1-3,6H2,(H2,10,15). The van der Waals surface area contributed by atoms with E-state index < -0.39 is 0 Å². The lowest BCUT2D eigenvalue weighted by Gasteiger charge is -2.09. The van der Waals surface area contributed by atoms with Gasteiger partial charge in [-0.05, 0) is 13.0 Å². The summed E-state index contributed by atoms with van der Waals surface area (Å²) in [6, 6.07) is 0.455. The lowest BCUT2D eigenvalue weighted by atomic mass is 10.2. The summed E-state index contributed by atoms with van der Waals surface area (Å²) in [6.07, 6.45) is 4.62. The highest BCUT2D eigenvalue weighted by atomic mass is 16.1. The molecule has 1 aliphatic rings. The van der Waals surface area contributed by atoms with Gasteiger partial charge in [-0.2, -0.15) is 5.10 Å². The van der Waals surface area contributed by atoms with E-state index in [0.29, 0.717) is 6.04 Å². The van der Waals surface area contributed by atoms with Crippen LogP contribution < -0.4 is 16.4 Å². The summed E-state index contributed by atoms with van der Waals surface area (Å²) in [5.41, 5.74) is 6.00. The summed E-state index contributed by atoms with van der Waals surface area (Å²) in [7, 11) is 0. The first-order valence-electron chi connectivity index (χ1n) is 5.02. The van der Waals surface area contributed by atoms with Gasteiger partial charge < -0.3 is 16.4 Å². The minimum Gasteiger partial charge on any atom is -0.378 e. The summed E-state index contributed by atoms with van der Waals surface area (Å²) < 4.78 is 1.53. The van der Waals surface area contributed by atoms with Crippen LogP contribution in [0.3, 0.4) is 0 Å². The molecular formula is C9H15N5O. The van der Waals surface area contributed by atoms with Gasteiger partial charge in [-0.3, -0.25) is 9.48 Å². The second-order valence-electron chi connectivity index (χ2n) is 3.73. The van der Waals surface area contributed by atoms with E-state index in [9.17, 15) is 4.79 Å². The zero-order chi connectivity index (χ0) is 10.7. The van der Waals surface area contributed by atoms with Gasteiger partial charge in [-0.1, -0.05) is 0 Å². The molecule has 1 atom stereocenters.